The Labute approximate surface area is 149 Å². The lowest BCUT2D eigenvalue weighted by Gasteiger charge is -2.15. The molecule has 2 unspecified atom stereocenters. The molecule has 0 aliphatic rings. The molecular formula is C23H35N. The first-order valence-electron chi connectivity index (χ1n) is 9.29. The SMILES string of the molecule is C=C(/C=C\NC/C=C(\c1ccccc1)C(C)CC)C(C)CC(C)C. The Bertz CT molecular complexity index is 536. The smallest absolute Gasteiger partial charge is 0.0331 e. The number of benzene rings is 1. The molecule has 0 saturated carbocycles. The molecule has 24 heavy (non-hydrogen) atoms. The molecule has 0 spiro atoms. The van der Waals surface area contributed by atoms with Crippen LogP contribution < -0.4 is 5.32 Å². The maximum absolute atomic E-state index is 4.19. The molecular weight excluding hydrogens is 290 g/mol. The summed E-state index contributed by atoms with van der Waals surface area (Å²) >= 11 is 0. The normalized spacial score (nSPS) is 14.8. The van der Waals surface area contributed by atoms with Crippen LogP contribution >= 0.6 is 0 Å². The topological polar surface area (TPSA) is 12.0 Å². The molecule has 1 N–H and O–H groups in total. The molecule has 0 aliphatic carbocycles. The van der Waals surface area contributed by atoms with Gasteiger partial charge in [-0.05, 0) is 54.0 Å². The standard InChI is InChI=1S/C23H35N/c1-7-19(4)23(22-11-9-8-10-12-22)14-16-24-15-13-20(5)21(6)17-18(2)3/h8-15,18-19,21,24H,5,7,16-17H2,1-4,6H3/b15-13-,23-14-. The van der Waals surface area contributed by atoms with Gasteiger partial charge in [0.25, 0.3) is 0 Å². The highest BCUT2D eigenvalue weighted by atomic mass is 14.8. The van der Waals surface area contributed by atoms with Crippen LogP contribution in [0.3, 0.4) is 0 Å². The highest BCUT2D eigenvalue weighted by Gasteiger charge is 2.08. The third kappa shape index (κ3) is 7.21. The first-order chi connectivity index (χ1) is 11.5. The van der Waals surface area contributed by atoms with Crippen LogP contribution in [-0.2, 0) is 0 Å². The predicted octanol–water partition coefficient (Wildman–Crippen LogP) is 6.46. The molecule has 1 aromatic rings. The van der Waals surface area contributed by atoms with Gasteiger partial charge in [-0.2, -0.15) is 0 Å². The Kier molecular flexibility index (Phi) is 9.22. The monoisotopic (exact) mass is 325 g/mol. The number of hydrogen-bond donors (Lipinski definition) is 1. The van der Waals surface area contributed by atoms with E-state index in [9.17, 15) is 0 Å². The first kappa shape index (κ1) is 20.3. The number of rotatable bonds is 10. The van der Waals surface area contributed by atoms with Crippen LogP contribution in [0.1, 0.15) is 53.0 Å². The minimum absolute atomic E-state index is 0.540. The lowest BCUT2D eigenvalue weighted by molar-refractivity contribution is 0.492. The van der Waals surface area contributed by atoms with Crippen molar-refractivity contribution in [1.82, 2.24) is 5.32 Å². The molecule has 132 valence electrons. The fraction of sp³-hybridized carbons (Fsp3) is 0.478. The Morgan fingerprint density at radius 1 is 1.08 bits per heavy atom. The van der Waals surface area contributed by atoms with Crippen molar-refractivity contribution >= 4 is 5.57 Å². The van der Waals surface area contributed by atoms with Crippen LogP contribution in [0.2, 0.25) is 0 Å². The Balaban J connectivity index is 2.59. The molecule has 0 amide bonds. The number of nitrogens with one attached hydrogen (secondary N) is 1. The van der Waals surface area contributed by atoms with Gasteiger partial charge >= 0.3 is 0 Å². The summed E-state index contributed by atoms with van der Waals surface area (Å²) in [5.74, 6) is 1.82. The molecule has 0 bridgehead atoms. The Hall–Kier alpha value is -1.76. The van der Waals surface area contributed by atoms with E-state index in [0.717, 1.165) is 13.0 Å². The minimum atomic E-state index is 0.540. The van der Waals surface area contributed by atoms with Crippen molar-refractivity contribution in [2.24, 2.45) is 17.8 Å². The molecule has 0 saturated heterocycles. The number of hydrogen-bond acceptors (Lipinski definition) is 1. The molecule has 2 atom stereocenters. The zero-order valence-corrected chi connectivity index (χ0v) is 16.2. The van der Waals surface area contributed by atoms with Crippen LogP contribution in [0.5, 0.6) is 0 Å². The Morgan fingerprint density at radius 3 is 2.33 bits per heavy atom. The van der Waals surface area contributed by atoms with Crippen LogP contribution in [0.25, 0.3) is 5.57 Å². The summed E-state index contributed by atoms with van der Waals surface area (Å²) in [6.07, 6.45) is 8.81. The predicted molar refractivity (Wildman–Crippen MR) is 109 cm³/mol. The fourth-order valence-corrected chi connectivity index (χ4v) is 2.88. The summed E-state index contributed by atoms with van der Waals surface area (Å²) < 4.78 is 0. The average Bonchev–Trinajstić information content (AvgIpc) is 2.57. The third-order valence-electron chi connectivity index (χ3n) is 4.56. The maximum atomic E-state index is 4.19. The van der Waals surface area contributed by atoms with Gasteiger partial charge in [-0.1, -0.05) is 83.2 Å². The summed E-state index contributed by atoms with van der Waals surface area (Å²) in [7, 11) is 0. The highest BCUT2D eigenvalue weighted by molar-refractivity contribution is 5.67. The molecule has 0 aromatic heterocycles. The van der Waals surface area contributed by atoms with Gasteiger partial charge in [0.1, 0.15) is 0 Å². The molecule has 1 aromatic carbocycles. The fourth-order valence-electron chi connectivity index (χ4n) is 2.88. The molecule has 0 heterocycles. The van der Waals surface area contributed by atoms with E-state index in [2.05, 4.69) is 89.0 Å². The molecule has 1 rings (SSSR count). The van der Waals surface area contributed by atoms with E-state index in [4.69, 9.17) is 0 Å². The van der Waals surface area contributed by atoms with Gasteiger partial charge < -0.3 is 5.32 Å². The van der Waals surface area contributed by atoms with Crippen molar-refractivity contribution in [3.63, 3.8) is 0 Å². The van der Waals surface area contributed by atoms with Gasteiger partial charge in [-0.25, -0.2) is 0 Å². The average molecular weight is 326 g/mol. The van der Waals surface area contributed by atoms with Gasteiger partial charge in [0.05, 0.1) is 0 Å². The summed E-state index contributed by atoms with van der Waals surface area (Å²) in [5, 5.41) is 3.39. The molecule has 1 heteroatoms. The van der Waals surface area contributed by atoms with Gasteiger partial charge in [-0.3, -0.25) is 0 Å². The zero-order valence-electron chi connectivity index (χ0n) is 16.2. The van der Waals surface area contributed by atoms with E-state index in [-0.39, 0.29) is 0 Å². The van der Waals surface area contributed by atoms with Crippen molar-refractivity contribution in [3.8, 4) is 0 Å². The van der Waals surface area contributed by atoms with Crippen LogP contribution in [0.15, 0.2) is 60.8 Å². The highest BCUT2D eigenvalue weighted by Crippen LogP contribution is 2.25. The van der Waals surface area contributed by atoms with E-state index < -0.39 is 0 Å². The molecule has 1 nitrogen and oxygen atoms in total. The second-order valence-corrected chi connectivity index (χ2v) is 7.18. The van der Waals surface area contributed by atoms with Crippen LogP contribution in [0, 0.1) is 17.8 Å². The van der Waals surface area contributed by atoms with Crippen LogP contribution in [-0.4, -0.2) is 6.54 Å². The largest absolute Gasteiger partial charge is 0.387 e. The van der Waals surface area contributed by atoms with Crippen molar-refractivity contribution in [2.75, 3.05) is 6.54 Å². The van der Waals surface area contributed by atoms with E-state index >= 15 is 0 Å². The molecule has 0 radical (unpaired) electrons. The summed E-state index contributed by atoms with van der Waals surface area (Å²) in [5.41, 5.74) is 3.95. The Morgan fingerprint density at radius 2 is 1.75 bits per heavy atom. The van der Waals surface area contributed by atoms with E-state index in [0.29, 0.717) is 17.8 Å². The van der Waals surface area contributed by atoms with Crippen molar-refractivity contribution in [1.29, 1.82) is 0 Å². The van der Waals surface area contributed by atoms with E-state index in [1.807, 2.05) is 6.20 Å². The molecule has 0 fully saturated rings. The van der Waals surface area contributed by atoms with Gasteiger partial charge in [0.2, 0.25) is 0 Å². The lowest BCUT2D eigenvalue weighted by atomic mass is 9.91. The first-order valence-corrected chi connectivity index (χ1v) is 9.29. The van der Waals surface area contributed by atoms with Crippen molar-refractivity contribution in [2.45, 2.75) is 47.5 Å². The molecule has 0 aliphatic heterocycles. The zero-order chi connectivity index (χ0) is 17.9. The quantitative estimate of drug-likeness (QED) is 0.384. The summed E-state index contributed by atoms with van der Waals surface area (Å²) in [4.78, 5) is 0. The van der Waals surface area contributed by atoms with Gasteiger partial charge in [-0.15, -0.1) is 0 Å². The lowest BCUT2D eigenvalue weighted by Crippen LogP contribution is -2.08. The number of allylic oxidation sites excluding steroid dienone is 3. The van der Waals surface area contributed by atoms with Crippen LogP contribution in [0.4, 0.5) is 0 Å². The third-order valence-corrected chi connectivity index (χ3v) is 4.56. The van der Waals surface area contributed by atoms with Crippen molar-refractivity contribution in [3.05, 3.63) is 66.4 Å². The summed E-state index contributed by atoms with van der Waals surface area (Å²) in [6.45, 7) is 16.3. The minimum Gasteiger partial charge on any atom is -0.387 e. The maximum Gasteiger partial charge on any atom is 0.0331 e. The van der Waals surface area contributed by atoms with Gasteiger partial charge in [0, 0.05) is 6.54 Å². The van der Waals surface area contributed by atoms with E-state index in [1.165, 1.54) is 23.1 Å². The summed E-state index contributed by atoms with van der Waals surface area (Å²) in [6, 6.07) is 10.7. The van der Waals surface area contributed by atoms with Gasteiger partial charge in [0.15, 0.2) is 0 Å². The van der Waals surface area contributed by atoms with E-state index in [1.54, 1.807) is 0 Å². The second-order valence-electron chi connectivity index (χ2n) is 7.18. The van der Waals surface area contributed by atoms with Crippen molar-refractivity contribution < 1.29 is 0 Å². The second kappa shape index (κ2) is 10.9.